The number of ketones is 1. The van der Waals surface area contributed by atoms with Crippen LogP contribution in [0.3, 0.4) is 0 Å². The van der Waals surface area contributed by atoms with Crippen molar-refractivity contribution in [3.8, 4) is 5.75 Å². The number of carbonyl (C=O) groups excluding carboxylic acids is 2. The summed E-state index contributed by atoms with van der Waals surface area (Å²) in [6, 6.07) is 19.8. The first-order chi connectivity index (χ1) is 19.3. The standard InChI is InChI=1S/C30H25N5O4S/c1-17-9-8-14-34-18(2)24(31-28(17)34)26(36)23-25(35(29(38)27(23)37)30-33-32-19(3)40-30)21-12-7-13-22(15-21)39-16-20-10-5-4-6-11-20/h4-15,25,36H,16H2,1-3H3. The SMILES string of the molecule is Cc1nnc(N2C(=O)C(=O)C(=C(O)c3nc4c(C)cccn4c3C)C2c2cccc(OCc3ccccc3)c2)s1. The van der Waals surface area contributed by atoms with Crippen molar-refractivity contribution in [2.24, 2.45) is 0 Å². The van der Waals surface area contributed by atoms with Crippen LogP contribution in [0.4, 0.5) is 5.13 Å². The van der Waals surface area contributed by atoms with Gasteiger partial charge in [0.15, 0.2) is 5.76 Å². The summed E-state index contributed by atoms with van der Waals surface area (Å²) in [5, 5.41) is 20.8. The molecule has 1 fully saturated rings. The third-order valence-electron chi connectivity index (χ3n) is 6.90. The number of aliphatic hydroxyl groups is 1. The second-order valence-electron chi connectivity index (χ2n) is 9.55. The first-order valence-corrected chi connectivity index (χ1v) is 13.5. The number of rotatable bonds is 6. The summed E-state index contributed by atoms with van der Waals surface area (Å²) < 4.78 is 7.88. The van der Waals surface area contributed by atoms with E-state index in [2.05, 4.69) is 15.2 Å². The Labute approximate surface area is 234 Å². The van der Waals surface area contributed by atoms with Gasteiger partial charge in [0.25, 0.3) is 5.78 Å². The van der Waals surface area contributed by atoms with E-state index < -0.39 is 17.7 Å². The van der Waals surface area contributed by atoms with Gasteiger partial charge in [0.1, 0.15) is 28.7 Å². The van der Waals surface area contributed by atoms with Gasteiger partial charge in [-0.25, -0.2) is 4.98 Å². The van der Waals surface area contributed by atoms with Crippen molar-refractivity contribution in [2.45, 2.75) is 33.4 Å². The number of nitrogens with zero attached hydrogens (tertiary/aromatic N) is 5. The van der Waals surface area contributed by atoms with E-state index in [0.29, 0.717) is 34.3 Å². The van der Waals surface area contributed by atoms with Crippen molar-refractivity contribution in [1.82, 2.24) is 19.6 Å². The van der Waals surface area contributed by atoms with Crippen molar-refractivity contribution in [1.29, 1.82) is 0 Å². The van der Waals surface area contributed by atoms with E-state index in [-0.39, 0.29) is 22.2 Å². The van der Waals surface area contributed by atoms with Gasteiger partial charge in [-0.2, -0.15) is 0 Å². The zero-order valence-electron chi connectivity index (χ0n) is 22.0. The average Bonchev–Trinajstić information content (AvgIpc) is 3.62. The molecule has 0 saturated carbocycles. The lowest BCUT2D eigenvalue weighted by Gasteiger charge is -2.23. The lowest BCUT2D eigenvalue weighted by atomic mass is 9.96. The molecule has 0 bridgehead atoms. The summed E-state index contributed by atoms with van der Waals surface area (Å²) in [5.41, 5.74) is 3.97. The number of aromatic nitrogens is 4. The monoisotopic (exact) mass is 551 g/mol. The van der Waals surface area contributed by atoms with Crippen molar-refractivity contribution in [2.75, 3.05) is 4.90 Å². The molecule has 1 atom stereocenters. The molecule has 4 heterocycles. The number of hydrogen-bond donors (Lipinski definition) is 1. The number of anilines is 1. The maximum absolute atomic E-state index is 13.6. The Morgan fingerprint density at radius 1 is 1.00 bits per heavy atom. The zero-order valence-corrected chi connectivity index (χ0v) is 22.8. The van der Waals surface area contributed by atoms with Crippen LogP contribution in [0, 0.1) is 20.8 Å². The van der Waals surface area contributed by atoms with E-state index in [0.717, 1.165) is 11.1 Å². The molecule has 0 radical (unpaired) electrons. The topological polar surface area (TPSA) is 110 Å². The van der Waals surface area contributed by atoms with Gasteiger partial charge >= 0.3 is 5.91 Å². The highest BCUT2D eigenvalue weighted by atomic mass is 32.1. The van der Waals surface area contributed by atoms with Gasteiger partial charge < -0.3 is 14.2 Å². The predicted octanol–water partition coefficient (Wildman–Crippen LogP) is 5.32. The molecule has 1 aliphatic heterocycles. The largest absolute Gasteiger partial charge is 0.505 e. The molecule has 2 aromatic carbocycles. The van der Waals surface area contributed by atoms with E-state index in [1.807, 2.05) is 73.0 Å². The van der Waals surface area contributed by atoms with Gasteiger partial charge in [-0.1, -0.05) is 59.9 Å². The Balaban J connectivity index is 1.49. The summed E-state index contributed by atoms with van der Waals surface area (Å²) in [6.45, 7) is 5.85. The maximum Gasteiger partial charge on any atom is 0.301 e. The van der Waals surface area contributed by atoms with Crippen LogP contribution in [-0.2, 0) is 16.2 Å². The Hall–Kier alpha value is -4.83. The van der Waals surface area contributed by atoms with Crippen molar-refractivity contribution in [3.05, 3.63) is 112 Å². The minimum Gasteiger partial charge on any atom is -0.505 e. The smallest absolute Gasteiger partial charge is 0.301 e. The van der Waals surface area contributed by atoms with Crippen molar-refractivity contribution < 1.29 is 19.4 Å². The van der Waals surface area contributed by atoms with Crippen LogP contribution in [0.25, 0.3) is 11.4 Å². The van der Waals surface area contributed by atoms with Crippen LogP contribution in [0.1, 0.15) is 39.1 Å². The zero-order chi connectivity index (χ0) is 28.0. The molecule has 1 N–H and O–H groups in total. The Bertz CT molecular complexity index is 1810. The Kier molecular flexibility index (Phi) is 6.39. The molecule has 6 rings (SSSR count). The number of hydrogen-bond acceptors (Lipinski definition) is 8. The number of amides is 1. The number of fused-ring (bicyclic) bond motifs is 1. The van der Waals surface area contributed by atoms with Crippen LogP contribution in [0.5, 0.6) is 5.75 Å². The fourth-order valence-electron chi connectivity index (χ4n) is 4.92. The molecule has 1 amide bonds. The summed E-state index contributed by atoms with van der Waals surface area (Å²) in [5.74, 6) is -1.40. The van der Waals surface area contributed by atoms with Gasteiger partial charge in [0.2, 0.25) is 5.13 Å². The average molecular weight is 552 g/mol. The normalized spacial score (nSPS) is 16.7. The number of aliphatic hydroxyl groups excluding tert-OH is 1. The van der Waals surface area contributed by atoms with Crippen LogP contribution >= 0.6 is 11.3 Å². The van der Waals surface area contributed by atoms with Crippen LogP contribution in [0.2, 0.25) is 0 Å². The minimum absolute atomic E-state index is 0.0674. The quantitative estimate of drug-likeness (QED) is 0.173. The first-order valence-electron chi connectivity index (χ1n) is 12.7. The third-order valence-corrected chi connectivity index (χ3v) is 7.73. The molecule has 10 heteroatoms. The summed E-state index contributed by atoms with van der Waals surface area (Å²) >= 11 is 1.19. The molecule has 0 spiro atoms. The fourth-order valence-corrected chi connectivity index (χ4v) is 5.63. The van der Waals surface area contributed by atoms with Crippen molar-refractivity contribution in [3.63, 3.8) is 0 Å². The van der Waals surface area contributed by atoms with Gasteiger partial charge in [-0.15, -0.1) is 10.2 Å². The Morgan fingerprint density at radius 2 is 1.80 bits per heavy atom. The highest BCUT2D eigenvalue weighted by Gasteiger charge is 2.48. The molecular formula is C30H25N5O4S. The maximum atomic E-state index is 13.6. The molecule has 1 saturated heterocycles. The number of ether oxygens (including phenoxy) is 1. The molecular weight excluding hydrogens is 526 g/mol. The van der Waals surface area contributed by atoms with Gasteiger partial charge in [-0.05, 0) is 55.7 Å². The Morgan fingerprint density at radius 3 is 2.52 bits per heavy atom. The third kappa shape index (κ3) is 4.32. The van der Waals surface area contributed by atoms with E-state index >= 15 is 0 Å². The molecule has 200 valence electrons. The number of imidazole rings is 1. The van der Waals surface area contributed by atoms with Crippen LogP contribution in [-0.4, -0.2) is 36.4 Å². The van der Waals surface area contributed by atoms with E-state index in [4.69, 9.17) is 4.74 Å². The number of aryl methyl sites for hydroxylation is 3. The molecule has 5 aromatic rings. The van der Waals surface area contributed by atoms with E-state index in [9.17, 15) is 14.7 Å². The number of pyridine rings is 1. The fraction of sp³-hybridized carbons (Fsp3) is 0.167. The number of carbonyl (C=O) groups is 2. The van der Waals surface area contributed by atoms with Crippen LogP contribution in [0.15, 0.2) is 78.5 Å². The van der Waals surface area contributed by atoms with Crippen molar-refractivity contribution >= 4 is 39.6 Å². The molecule has 1 aliphatic rings. The summed E-state index contributed by atoms with van der Waals surface area (Å²) in [7, 11) is 0. The molecule has 9 nitrogen and oxygen atoms in total. The summed E-state index contributed by atoms with van der Waals surface area (Å²) in [6.07, 6.45) is 1.84. The van der Waals surface area contributed by atoms with E-state index in [1.54, 1.807) is 25.1 Å². The lowest BCUT2D eigenvalue weighted by Crippen LogP contribution is -2.29. The van der Waals surface area contributed by atoms with Gasteiger partial charge in [-0.3, -0.25) is 14.5 Å². The summed E-state index contributed by atoms with van der Waals surface area (Å²) in [4.78, 5) is 33.0. The second-order valence-corrected chi connectivity index (χ2v) is 10.7. The van der Waals surface area contributed by atoms with Gasteiger partial charge in [0.05, 0.1) is 17.3 Å². The van der Waals surface area contributed by atoms with Crippen LogP contribution < -0.4 is 9.64 Å². The first kappa shape index (κ1) is 25.4. The van der Waals surface area contributed by atoms with Gasteiger partial charge in [0, 0.05) is 6.20 Å². The highest BCUT2D eigenvalue weighted by molar-refractivity contribution is 7.15. The molecule has 40 heavy (non-hydrogen) atoms. The lowest BCUT2D eigenvalue weighted by molar-refractivity contribution is -0.132. The number of Topliss-reactive ketones (excluding diaryl/α,β-unsaturated/α-hetero) is 1. The molecule has 3 aromatic heterocycles. The number of benzene rings is 2. The predicted molar refractivity (Wildman–Crippen MR) is 151 cm³/mol. The second kappa shape index (κ2) is 10.0. The van der Waals surface area contributed by atoms with E-state index in [1.165, 1.54) is 16.2 Å². The minimum atomic E-state index is -0.960. The highest BCUT2D eigenvalue weighted by Crippen LogP contribution is 2.43. The molecule has 1 unspecified atom stereocenters. The molecule has 0 aliphatic carbocycles.